The summed E-state index contributed by atoms with van der Waals surface area (Å²) in [6, 6.07) is 8.80. The summed E-state index contributed by atoms with van der Waals surface area (Å²) in [7, 11) is 0. The Morgan fingerprint density at radius 2 is 1.93 bits per heavy atom. The van der Waals surface area contributed by atoms with Gasteiger partial charge < -0.3 is 4.74 Å². The lowest BCUT2D eigenvalue weighted by atomic mass is 10.2. The molecular weight excluding hydrogens is 232 g/mol. The van der Waals surface area contributed by atoms with E-state index in [9.17, 15) is 4.79 Å². The minimum Gasteiger partial charge on any atom is -0.420 e. The van der Waals surface area contributed by atoms with E-state index in [1.165, 1.54) is 11.3 Å². The van der Waals surface area contributed by atoms with E-state index in [1.54, 1.807) is 35.0 Å². The molecule has 4 heteroatoms. The maximum absolute atomic E-state index is 11.6. The molecule has 1 heterocycles. The van der Waals surface area contributed by atoms with Crippen molar-refractivity contribution in [2.24, 2.45) is 0 Å². The number of benzene rings is 1. The van der Waals surface area contributed by atoms with E-state index in [1.807, 2.05) is 6.07 Å². The lowest BCUT2D eigenvalue weighted by molar-refractivity contribution is 0.0735. The van der Waals surface area contributed by atoms with Crippen molar-refractivity contribution in [3.05, 3.63) is 51.7 Å². The molecule has 2 nitrogen and oxygen atoms in total. The van der Waals surface area contributed by atoms with Crippen molar-refractivity contribution in [3.8, 4) is 5.75 Å². The molecule has 0 amide bonds. The molecule has 0 bridgehead atoms. The summed E-state index contributed by atoms with van der Waals surface area (Å²) >= 11 is 7.20. The Balaban J connectivity index is 2.15. The van der Waals surface area contributed by atoms with Crippen molar-refractivity contribution in [2.75, 3.05) is 0 Å². The molecule has 0 radical (unpaired) electrons. The molecule has 0 saturated heterocycles. The molecule has 0 aliphatic rings. The van der Waals surface area contributed by atoms with Gasteiger partial charge in [0.1, 0.15) is 0 Å². The number of rotatable bonds is 2. The topological polar surface area (TPSA) is 26.3 Å². The monoisotopic (exact) mass is 238 g/mol. The van der Waals surface area contributed by atoms with Gasteiger partial charge in [-0.15, -0.1) is 11.3 Å². The second-order valence-corrected chi connectivity index (χ2v) is 3.99. The smallest absolute Gasteiger partial charge is 0.343 e. The van der Waals surface area contributed by atoms with Crippen LogP contribution in [0.25, 0.3) is 0 Å². The average Bonchev–Trinajstić information content (AvgIpc) is 2.66. The fraction of sp³-hybridized carbons (Fsp3) is 0. The standard InChI is InChI=1S/C11H7ClO2S/c12-9-6-15-7-10(9)14-11(13)8-4-2-1-3-5-8/h1-7H. The van der Waals surface area contributed by atoms with Gasteiger partial charge in [0.25, 0.3) is 0 Å². The molecule has 1 aromatic heterocycles. The minimum atomic E-state index is -0.393. The Morgan fingerprint density at radius 1 is 1.20 bits per heavy atom. The number of hydrogen-bond acceptors (Lipinski definition) is 3. The van der Waals surface area contributed by atoms with Gasteiger partial charge in [-0.25, -0.2) is 4.79 Å². The van der Waals surface area contributed by atoms with Crippen molar-refractivity contribution in [2.45, 2.75) is 0 Å². The number of thiophene rings is 1. The Bertz CT molecular complexity index is 464. The molecule has 1 aromatic carbocycles. The summed E-state index contributed by atoms with van der Waals surface area (Å²) in [4.78, 5) is 11.6. The van der Waals surface area contributed by atoms with Gasteiger partial charge in [-0.2, -0.15) is 0 Å². The van der Waals surface area contributed by atoms with Gasteiger partial charge >= 0.3 is 5.97 Å². The first-order valence-electron chi connectivity index (χ1n) is 4.26. The zero-order chi connectivity index (χ0) is 10.7. The zero-order valence-corrected chi connectivity index (χ0v) is 9.22. The minimum absolute atomic E-state index is 0.393. The molecule has 76 valence electrons. The first-order valence-corrected chi connectivity index (χ1v) is 5.58. The van der Waals surface area contributed by atoms with E-state index in [0.717, 1.165) is 0 Å². The Morgan fingerprint density at radius 3 is 2.53 bits per heavy atom. The molecule has 0 aliphatic carbocycles. The summed E-state index contributed by atoms with van der Waals surface area (Å²) < 4.78 is 5.11. The summed E-state index contributed by atoms with van der Waals surface area (Å²) in [5.41, 5.74) is 0.514. The third kappa shape index (κ3) is 2.37. The predicted octanol–water partition coefficient (Wildman–Crippen LogP) is 3.62. The SMILES string of the molecule is O=C(Oc1cscc1Cl)c1ccccc1. The van der Waals surface area contributed by atoms with Crippen LogP contribution in [0.4, 0.5) is 0 Å². The first kappa shape index (κ1) is 10.2. The lowest BCUT2D eigenvalue weighted by Crippen LogP contribution is -2.07. The highest BCUT2D eigenvalue weighted by Gasteiger charge is 2.10. The first-order chi connectivity index (χ1) is 7.27. The van der Waals surface area contributed by atoms with Crippen LogP contribution >= 0.6 is 22.9 Å². The molecule has 15 heavy (non-hydrogen) atoms. The van der Waals surface area contributed by atoms with E-state index in [4.69, 9.17) is 16.3 Å². The van der Waals surface area contributed by atoms with Crippen LogP contribution < -0.4 is 4.74 Å². The van der Waals surface area contributed by atoms with Crippen LogP contribution in [-0.4, -0.2) is 5.97 Å². The third-order valence-corrected chi connectivity index (χ3v) is 2.94. The van der Waals surface area contributed by atoms with Crippen LogP contribution in [0.15, 0.2) is 41.1 Å². The highest BCUT2D eigenvalue weighted by molar-refractivity contribution is 7.08. The van der Waals surface area contributed by atoms with Crippen LogP contribution in [0.5, 0.6) is 5.75 Å². The Kier molecular flexibility index (Phi) is 3.04. The predicted molar refractivity (Wildman–Crippen MR) is 60.7 cm³/mol. The molecular formula is C11H7ClO2S. The van der Waals surface area contributed by atoms with Crippen LogP contribution in [0.1, 0.15) is 10.4 Å². The van der Waals surface area contributed by atoms with E-state index < -0.39 is 5.97 Å². The average molecular weight is 239 g/mol. The maximum Gasteiger partial charge on any atom is 0.343 e. The third-order valence-electron chi connectivity index (χ3n) is 1.79. The fourth-order valence-electron chi connectivity index (χ4n) is 1.08. The summed E-state index contributed by atoms with van der Waals surface area (Å²) in [6.07, 6.45) is 0. The number of ether oxygens (including phenoxy) is 1. The van der Waals surface area contributed by atoms with Gasteiger partial charge in [-0.3, -0.25) is 0 Å². The van der Waals surface area contributed by atoms with Gasteiger partial charge in [0, 0.05) is 10.8 Å². The number of carbonyl (C=O) groups excluding carboxylic acids is 1. The highest BCUT2D eigenvalue weighted by Crippen LogP contribution is 2.28. The quantitative estimate of drug-likeness (QED) is 0.747. The molecule has 0 aliphatic heterocycles. The molecule has 0 spiro atoms. The van der Waals surface area contributed by atoms with Gasteiger partial charge in [-0.05, 0) is 12.1 Å². The molecule has 2 rings (SSSR count). The maximum atomic E-state index is 11.6. The second-order valence-electron chi connectivity index (χ2n) is 2.84. The Hall–Kier alpha value is -1.32. The van der Waals surface area contributed by atoms with Crippen LogP contribution in [0.3, 0.4) is 0 Å². The molecule has 2 aromatic rings. The van der Waals surface area contributed by atoms with Gasteiger partial charge in [0.15, 0.2) is 5.75 Å². The van der Waals surface area contributed by atoms with Gasteiger partial charge in [0.2, 0.25) is 0 Å². The normalized spacial score (nSPS) is 9.93. The van der Waals surface area contributed by atoms with Crippen molar-refractivity contribution in [1.82, 2.24) is 0 Å². The summed E-state index contributed by atoms with van der Waals surface area (Å²) in [6.45, 7) is 0. The number of carbonyl (C=O) groups is 1. The fourth-order valence-corrected chi connectivity index (χ4v) is 1.99. The van der Waals surface area contributed by atoms with Crippen LogP contribution in [0, 0.1) is 0 Å². The number of halogens is 1. The lowest BCUT2D eigenvalue weighted by Gasteiger charge is -2.01. The summed E-state index contributed by atoms with van der Waals surface area (Å²) in [5.74, 6) is 0.0198. The van der Waals surface area contributed by atoms with Gasteiger partial charge in [-0.1, -0.05) is 29.8 Å². The molecule has 0 fully saturated rings. The van der Waals surface area contributed by atoms with Crippen molar-refractivity contribution in [1.29, 1.82) is 0 Å². The largest absolute Gasteiger partial charge is 0.420 e. The van der Waals surface area contributed by atoms with E-state index in [2.05, 4.69) is 0 Å². The number of esters is 1. The van der Waals surface area contributed by atoms with Crippen LogP contribution in [0.2, 0.25) is 5.02 Å². The van der Waals surface area contributed by atoms with Crippen molar-refractivity contribution < 1.29 is 9.53 Å². The zero-order valence-electron chi connectivity index (χ0n) is 7.64. The molecule has 0 unspecified atom stereocenters. The molecule has 0 N–H and O–H groups in total. The molecule has 0 saturated carbocycles. The summed E-state index contributed by atoms with van der Waals surface area (Å²) in [5, 5.41) is 3.88. The Labute approximate surface area is 96.1 Å². The second kappa shape index (κ2) is 4.47. The van der Waals surface area contributed by atoms with Crippen LogP contribution in [-0.2, 0) is 0 Å². The van der Waals surface area contributed by atoms with Gasteiger partial charge in [0.05, 0.1) is 10.6 Å². The van der Waals surface area contributed by atoms with E-state index in [0.29, 0.717) is 16.3 Å². The molecule has 0 atom stereocenters. The highest BCUT2D eigenvalue weighted by atomic mass is 35.5. The van der Waals surface area contributed by atoms with Crippen molar-refractivity contribution >= 4 is 28.9 Å². The van der Waals surface area contributed by atoms with Crippen molar-refractivity contribution in [3.63, 3.8) is 0 Å². The number of hydrogen-bond donors (Lipinski definition) is 0. The van der Waals surface area contributed by atoms with E-state index >= 15 is 0 Å². The van der Waals surface area contributed by atoms with E-state index in [-0.39, 0.29) is 0 Å².